The Balaban J connectivity index is 2.21. The van der Waals surface area contributed by atoms with Crippen LogP contribution in [0.4, 0.5) is 0 Å². The van der Waals surface area contributed by atoms with Gasteiger partial charge in [-0.15, -0.1) is 0 Å². The van der Waals surface area contributed by atoms with E-state index in [0.717, 1.165) is 6.42 Å². The first-order chi connectivity index (χ1) is 8.81. The highest BCUT2D eigenvalue weighted by atomic mass is 14.2. The van der Waals surface area contributed by atoms with Crippen molar-refractivity contribution in [3.63, 3.8) is 0 Å². The molecule has 0 bridgehead atoms. The van der Waals surface area contributed by atoms with Crippen LogP contribution in [0, 0.1) is 11.8 Å². The summed E-state index contributed by atoms with van der Waals surface area (Å²) in [4.78, 5) is 0. The van der Waals surface area contributed by atoms with E-state index in [1.807, 2.05) is 0 Å². The highest BCUT2D eigenvalue weighted by molar-refractivity contribution is 5.35. The van der Waals surface area contributed by atoms with Gasteiger partial charge in [-0.2, -0.15) is 0 Å². The average molecular weight is 237 g/mol. The van der Waals surface area contributed by atoms with Gasteiger partial charge in [0.1, 0.15) is 0 Å². The largest absolute Gasteiger partial charge is 0.0651 e. The molecule has 0 N–H and O–H groups in total. The van der Waals surface area contributed by atoms with Crippen LogP contribution in [-0.2, 0) is 6.42 Å². The minimum atomic E-state index is 0.632. The quantitative estimate of drug-likeness (QED) is 0.694. The van der Waals surface area contributed by atoms with Crippen molar-refractivity contribution in [1.82, 2.24) is 0 Å². The second-order valence-electron chi connectivity index (χ2n) is 4.86. The second kappa shape index (κ2) is 6.39. The van der Waals surface area contributed by atoms with E-state index >= 15 is 0 Å². The smallest absolute Gasteiger partial charge is 0.0121 e. The lowest BCUT2D eigenvalue weighted by atomic mass is 9.81. The highest BCUT2D eigenvalue weighted by Gasteiger charge is 2.18. The van der Waals surface area contributed by atoms with Gasteiger partial charge in [0.2, 0.25) is 0 Å². The Bertz CT molecular complexity index is 444. The van der Waals surface area contributed by atoms with Crippen LogP contribution < -0.4 is 0 Å². The first-order valence-corrected chi connectivity index (χ1v) is 6.76. The Kier molecular flexibility index (Phi) is 4.58. The van der Waals surface area contributed by atoms with Gasteiger partial charge in [0.15, 0.2) is 0 Å². The monoisotopic (exact) mass is 237 g/mol. The van der Waals surface area contributed by atoms with E-state index in [2.05, 4.69) is 74.5 Å². The normalized spacial score (nSPS) is 12.6. The van der Waals surface area contributed by atoms with Crippen LogP contribution in [0.15, 0.2) is 60.7 Å². The molecule has 0 heteroatoms. The Hall–Kier alpha value is -1.56. The maximum atomic E-state index is 2.32. The fraction of sp³-hybridized carbons (Fsp3) is 0.278. The highest BCUT2D eigenvalue weighted by Crippen LogP contribution is 2.29. The SMILES string of the molecule is CCC(C)[C](Cc1ccccc1)c1ccccc1. The first-order valence-electron chi connectivity index (χ1n) is 6.76. The number of hydrogen-bond acceptors (Lipinski definition) is 0. The third-order valence-electron chi connectivity index (χ3n) is 3.59. The predicted molar refractivity (Wildman–Crippen MR) is 78.4 cm³/mol. The summed E-state index contributed by atoms with van der Waals surface area (Å²) in [5, 5.41) is 0. The van der Waals surface area contributed by atoms with Gasteiger partial charge in [0, 0.05) is 5.92 Å². The number of hydrogen-bond donors (Lipinski definition) is 0. The van der Waals surface area contributed by atoms with Crippen molar-refractivity contribution in [2.45, 2.75) is 26.7 Å². The van der Waals surface area contributed by atoms with Crippen molar-refractivity contribution in [1.29, 1.82) is 0 Å². The van der Waals surface area contributed by atoms with Crippen molar-refractivity contribution in [2.75, 3.05) is 0 Å². The van der Waals surface area contributed by atoms with Crippen LogP contribution >= 0.6 is 0 Å². The molecule has 0 spiro atoms. The van der Waals surface area contributed by atoms with Crippen LogP contribution in [0.2, 0.25) is 0 Å². The van der Waals surface area contributed by atoms with E-state index in [4.69, 9.17) is 0 Å². The fourth-order valence-corrected chi connectivity index (χ4v) is 2.28. The number of benzene rings is 2. The molecule has 1 atom stereocenters. The van der Waals surface area contributed by atoms with Crippen LogP contribution in [0.1, 0.15) is 31.4 Å². The molecule has 0 aliphatic heterocycles. The lowest BCUT2D eigenvalue weighted by molar-refractivity contribution is 0.575. The van der Waals surface area contributed by atoms with Crippen molar-refractivity contribution in [3.05, 3.63) is 77.7 Å². The van der Waals surface area contributed by atoms with Crippen LogP contribution in [0.5, 0.6) is 0 Å². The molecule has 0 saturated heterocycles. The van der Waals surface area contributed by atoms with E-state index in [1.54, 1.807) is 5.92 Å². The summed E-state index contributed by atoms with van der Waals surface area (Å²) in [7, 11) is 0. The van der Waals surface area contributed by atoms with Gasteiger partial charge in [-0.3, -0.25) is 0 Å². The van der Waals surface area contributed by atoms with Gasteiger partial charge in [-0.25, -0.2) is 0 Å². The Morgan fingerprint density at radius 3 is 2.00 bits per heavy atom. The van der Waals surface area contributed by atoms with E-state index in [0.29, 0.717) is 5.92 Å². The van der Waals surface area contributed by atoms with Crippen LogP contribution in [0.25, 0.3) is 0 Å². The van der Waals surface area contributed by atoms with Gasteiger partial charge >= 0.3 is 0 Å². The summed E-state index contributed by atoms with van der Waals surface area (Å²) in [5.41, 5.74) is 2.78. The molecular weight excluding hydrogens is 216 g/mol. The molecule has 0 heterocycles. The zero-order valence-electron chi connectivity index (χ0n) is 11.3. The van der Waals surface area contributed by atoms with Crippen molar-refractivity contribution in [3.8, 4) is 0 Å². The molecule has 0 nitrogen and oxygen atoms in total. The molecule has 18 heavy (non-hydrogen) atoms. The Morgan fingerprint density at radius 1 is 0.889 bits per heavy atom. The lowest BCUT2D eigenvalue weighted by Gasteiger charge is -2.23. The maximum Gasteiger partial charge on any atom is 0.0121 e. The van der Waals surface area contributed by atoms with Crippen molar-refractivity contribution < 1.29 is 0 Å². The molecule has 0 aliphatic carbocycles. The van der Waals surface area contributed by atoms with E-state index < -0.39 is 0 Å². The Morgan fingerprint density at radius 2 is 1.44 bits per heavy atom. The number of rotatable bonds is 5. The molecule has 1 radical (unpaired) electrons. The lowest BCUT2D eigenvalue weighted by Crippen LogP contribution is -2.13. The molecule has 0 amide bonds. The van der Waals surface area contributed by atoms with Crippen molar-refractivity contribution in [2.24, 2.45) is 5.92 Å². The van der Waals surface area contributed by atoms with E-state index in [9.17, 15) is 0 Å². The topological polar surface area (TPSA) is 0 Å². The third kappa shape index (κ3) is 3.22. The molecule has 2 aromatic carbocycles. The van der Waals surface area contributed by atoms with E-state index in [-0.39, 0.29) is 0 Å². The fourth-order valence-electron chi connectivity index (χ4n) is 2.28. The van der Waals surface area contributed by atoms with Crippen molar-refractivity contribution >= 4 is 0 Å². The molecule has 2 rings (SSSR count). The van der Waals surface area contributed by atoms with Gasteiger partial charge in [0.25, 0.3) is 0 Å². The minimum Gasteiger partial charge on any atom is -0.0651 e. The summed E-state index contributed by atoms with van der Waals surface area (Å²) >= 11 is 0. The summed E-state index contributed by atoms with van der Waals surface area (Å²) < 4.78 is 0. The van der Waals surface area contributed by atoms with Gasteiger partial charge < -0.3 is 0 Å². The Labute approximate surface area is 111 Å². The molecule has 0 aliphatic rings. The molecule has 0 aromatic heterocycles. The molecule has 1 unspecified atom stereocenters. The zero-order chi connectivity index (χ0) is 12.8. The van der Waals surface area contributed by atoms with Gasteiger partial charge in [-0.05, 0) is 23.5 Å². The average Bonchev–Trinajstić information content (AvgIpc) is 2.46. The molecule has 0 fully saturated rings. The molecule has 0 saturated carbocycles. The zero-order valence-corrected chi connectivity index (χ0v) is 11.3. The summed E-state index contributed by atoms with van der Waals surface area (Å²) in [6, 6.07) is 21.5. The van der Waals surface area contributed by atoms with E-state index in [1.165, 1.54) is 17.5 Å². The predicted octanol–water partition coefficient (Wildman–Crippen LogP) is 4.90. The van der Waals surface area contributed by atoms with Crippen LogP contribution in [-0.4, -0.2) is 0 Å². The summed E-state index contributed by atoms with van der Waals surface area (Å²) in [5.74, 6) is 2.18. The molecular formula is C18H21. The maximum absolute atomic E-state index is 2.32. The molecule has 2 aromatic rings. The first kappa shape index (κ1) is 12.9. The van der Waals surface area contributed by atoms with Crippen LogP contribution in [0.3, 0.4) is 0 Å². The summed E-state index contributed by atoms with van der Waals surface area (Å²) in [6.45, 7) is 4.59. The van der Waals surface area contributed by atoms with Gasteiger partial charge in [0.05, 0.1) is 0 Å². The second-order valence-corrected chi connectivity index (χ2v) is 4.86. The molecule has 93 valence electrons. The summed E-state index contributed by atoms with van der Waals surface area (Å²) in [6.07, 6.45) is 2.25. The third-order valence-corrected chi connectivity index (χ3v) is 3.59. The minimum absolute atomic E-state index is 0.632. The van der Waals surface area contributed by atoms with Gasteiger partial charge in [-0.1, -0.05) is 80.9 Å². The standard InChI is InChI=1S/C18H21/c1-3-15(2)18(17-12-8-5-9-13-17)14-16-10-6-4-7-11-16/h4-13,15H,3,14H2,1-2H3.